The molecule has 2 aromatic heterocycles. The second-order valence-electron chi connectivity index (χ2n) is 7.78. The van der Waals surface area contributed by atoms with E-state index in [1.54, 1.807) is 12.1 Å². The van der Waals surface area contributed by atoms with E-state index in [9.17, 15) is 13.2 Å². The van der Waals surface area contributed by atoms with Crippen LogP contribution in [0.5, 0.6) is 0 Å². The lowest BCUT2D eigenvalue weighted by Gasteiger charge is -2.27. The molecule has 29 heavy (non-hydrogen) atoms. The highest BCUT2D eigenvalue weighted by atomic mass is 19.4. The van der Waals surface area contributed by atoms with Gasteiger partial charge in [0.25, 0.3) is 0 Å². The maximum atomic E-state index is 12.9. The molecule has 1 aromatic carbocycles. The number of rotatable bonds is 4. The summed E-state index contributed by atoms with van der Waals surface area (Å²) in [4.78, 5) is 11.5. The summed E-state index contributed by atoms with van der Waals surface area (Å²) in [5, 5.41) is 0. The SMILES string of the molecule is FC(F)(F)c1cccc(-c2ccc(CN3CCc4nc(C5CC5)ncc4C3)o2)c1. The number of fused-ring (bicyclic) bond motifs is 1. The van der Waals surface area contributed by atoms with Gasteiger partial charge in [-0.3, -0.25) is 4.90 Å². The number of hydrogen-bond donors (Lipinski definition) is 0. The van der Waals surface area contributed by atoms with Crippen molar-refractivity contribution in [2.45, 2.75) is 44.4 Å². The normalized spacial score (nSPS) is 17.3. The Morgan fingerprint density at radius 3 is 2.79 bits per heavy atom. The summed E-state index contributed by atoms with van der Waals surface area (Å²) in [6.07, 6.45) is 0.834. The Balaban J connectivity index is 1.28. The Morgan fingerprint density at radius 2 is 2.00 bits per heavy atom. The number of aromatic nitrogens is 2. The second-order valence-corrected chi connectivity index (χ2v) is 7.78. The average molecular weight is 399 g/mol. The summed E-state index contributed by atoms with van der Waals surface area (Å²) in [6.45, 7) is 2.22. The van der Waals surface area contributed by atoms with E-state index >= 15 is 0 Å². The minimum absolute atomic E-state index is 0.427. The van der Waals surface area contributed by atoms with Crippen LogP contribution >= 0.6 is 0 Å². The fraction of sp³-hybridized carbons (Fsp3) is 0.364. The molecule has 0 bridgehead atoms. The molecule has 1 fully saturated rings. The van der Waals surface area contributed by atoms with Crippen LogP contribution in [0.25, 0.3) is 11.3 Å². The van der Waals surface area contributed by atoms with Gasteiger partial charge in [0, 0.05) is 48.4 Å². The Morgan fingerprint density at radius 1 is 1.14 bits per heavy atom. The van der Waals surface area contributed by atoms with E-state index in [2.05, 4.69) is 9.88 Å². The Labute approximate surface area is 166 Å². The number of nitrogens with zero attached hydrogens (tertiary/aromatic N) is 3. The van der Waals surface area contributed by atoms with Crippen LogP contribution < -0.4 is 0 Å². The molecule has 0 radical (unpaired) electrons. The van der Waals surface area contributed by atoms with Gasteiger partial charge in [-0.25, -0.2) is 9.97 Å². The smallest absolute Gasteiger partial charge is 0.416 e. The topological polar surface area (TPSA) is 42.2 Å². The molecule has 0 amide bonds. The molecule has 1 saturated carbocycles. The van der Waals surface area contributed by atoms with Crippen molar-refractivity contribution in [3.63, 3.8) is 0 Å². The summed E-state index contributed by atoms with van der Waals surface area (Å²) < 4.78 is 44.7. The minimum Gasteiger partial charge on any atom is -0.460 e. The number of alkyl halides is 3. The van der Waals surface area contributed by atoms with Crippen molar-refractivity contribution >= 4 is 0 Å². The molecule has 0 atom stereocenters. The van der Waals surface area contributed by atoms with E-state index < -0.39 is 11.7 Å². The molecule has 150 valence electrons. The van der Waals surface area contributed by atoms with Gasteiger partial charge in [-0.2, -0.15) is 13.2 Å². The Kier molecular flexibility index (Phi) is 4.42. The average Bonchev–Trinajstić information content (AvgIpc) is 3.46. The summed E-state index contributed by atoms with van der Waals surface area (Å²) in [7, 11) is 0. The molecule has 1 aliphatic carbocycles. The van der Waals surface area contributed by atoms with Gasteiger partial charge in [-0.1, -0.05) is 12.1 Å². The van der Waals surface area contributed by atoms with Gasteiger partial charge in [0.15, 0.2) is 0 Å². The molecule has 0 saturated heterocycles. The molecule has 0 spiro atoms. The zero-order chi connectivity index (χ0) is 20.0. The van der Waals surface area contributed by atoms with Gasteiger partial charge in [0.05, 0.1) is 12.1 Å². The predicted octanol–water partition coefficient (Wildman–Crippen LogP) is 5.19. The van der Waals surface area contributed by atoms with Crippen molar-refractivity contribution < 1.29 is 17.6 Å². The molecular weight excluding hydrogens is 379 g/mol. The monoisotopic (exact) mass is 399 g/mol. The zero-order valence-electron chi connectivity index (χ0n) is 15.7. The van der Waals surface area contributed by atoms with Gasteiger partial charge in [0.2, 0.25) is 0 Å². The van der Waals surface area contributed by atoms with Gasteiger partial charge in [-0.05, 0) is 37.1 Å². The van der Waals surface area contributed by atoms with Crippen LogP contribution in [0.4, 0.5) is 13.2 Å². The van der Waals surface area contributed by atoms with E-state index in [1.165, 1.54) is 18.9 Å². The highest BCUT2D eigenvalue weighted by Gasteiger charge is 2.31. The van der Waals surface area contributed by atoms with Crippen molar-refractivity contribution in [2.75, 3.05) is 6.54 Å². The molecule has 1 aliphatic heterocycles. The number of benzene rings is 1. The lowest BCUT2D eigenvalue weighted by molar-refractivity contribution is -0.137. The summed E-state index contributed by atoms with van der Waals surface area (Å²) in [6, 6.07) is 8.77. The van der Waals surface area contributed by atoms with Crippen LogP contribution in [-0.4, -0.2) is 21.4 Å². The number of halogens is 3. The number of hydrogen-bond acceptors (Lipinski definition) is 4. The molecular formula is C22H20F3N3O. The first-order chi connectivity index (χ1) is 14.0. The molecule has 4 nitrogen and oxygen atoms in total. The molecule has 3 aromatic rings. The van der Waals surface area contributed by atoms with E-state index in [0.29, 0.717) is 23.8 Å². The van der Waals surface area contributed by atoms with Crippen molar-refractivity contribution in [3.8, 4) is 11.3 Å². The molecule has 5 rings (SSSR count). The van der Waals surface area contributed by atoms with Gasteiger partial charge < -0.3 is 4.42 Å². The van der Waals surface area contributed by atoms with Crippen molar-refractivity contribution in [3.05, 3.63) is 71.0 Å². The highest BCUT2D eigenvalue weighted by Crippen LogP contribution is 2.38. The Bertz CT molecular complexity index is 1040. The fourth-order valence-corrected chi connectivity index (χ4v) is 3.75. The zero-order valence-corrected chi connectivity index (χ0v) is 15.7. The maximum Gasteiger partial charge on any atom is 0.416 e. The fourth-order valence-electron chi connectivity index (χ4n) is 3.75. The van der Waals surface area contributed by atoms with Crippen LogP contribution in [0.1, 0.15) is 47.2 Å². The summed E-state index contributed by atoms with van der Waals surface area (Å²) in [5.74, 6) is 2.71. The van der Waals surface area contributed by atoms with Crippen molar-refractivity contribution in [2.24, 2.45) is 0 Å². The van der Waals surface area contributed by atoms with Crippen molar-refractivity contribution in [1.82, 2.24) is 14.9 Å². The summed E-state index contributed by atoms with van der Waals surface area (Å²) in [5.41, 5.74) is 2.04. The van der Waals surface area contributed by atoms with Crippen LogP contribution in [0, 0.1) is 0 Å². The van der Waals surface area contributed by atoms with E-state index in [1.807, 2.05) is 12.3 Å². The lowest BCUT2D eigenvalue weighted by Crippen LogP contribution is -2.31. The van der Waals surface area contributed by atoms with Gasteiger partial charge in [0.1, 0.15) is 17.3 Å². The summed E-state index contributed by atoms with van der Waals surface area (Å²) >= 11 is 0. The highest BCUT2D eigenvalue weighted by molar-refractivity contribution is 5.58. The standard InChI is InChI=1S/C22H20F3N3O/c23-22(24,25)17-3-1-2-15(10-17)20-7-6-18(29-20)13-28-9-8-19-16(12-28)11-26-21(27-19)14-4-5-14/h1-3,6-7,10-11,14H,4-5,8-9,12-13H2. The third kappa shape index (κ3) is 3.92. The predicted molar refractivity (Wildman–Crippen MR) is 101 cm³/mol. The third-order valence-electron chi connectivity index (χ3n) is 5.49. The van der Waals surface area contributed by atoms with E-state index in [-0.39, 0.29) is 0 Å². The Hall–Kier alpha value is -2.67. The number of furan rings is 1. The largest absolute Gasteiger partial charge is 0.460 e. The molecule has 7 heteroatoms. The molecule has 0 unspecified atom stereocenters. The van der Waals surface area contributed by atoms with Crippen LogP contribution in [0.15, 0.2) is 47.0 Å². The van der Waals surface area contributed by atoms with Gasteiger partial charge in [-0.15, -0.1) is 0 Å². The van der Waals surface area contributed by atoms with E-state index in [4.69, 9.17) is 9.40 Å². The lowest BCUT2D eigenvalue weighted by atomic mass is 10.1. The maximum absolute atomic E-state index is 12.9. The van der Waals surface area contributed by atoms with Crippen molar-refractivity contribution in [1.29, 1.82) is 0 Å². The first-order valence-electron chi connectivity index (χ1n) is 9.79. The van der Waals surface area contributed by atoms with Gasteiger partial charge >= 0.3 is 6.18 Å². The molecule has 3 heterocycles. The molecule has 2 aliphatic rings. The van der Waals surface area contributed by atoms with E-state index in [0.717, 1.165) is 54.5 Å². The molecule has 0 N–H and O–H groups in total. The van der Waals surface area contributed by atoms with Crippen LogP contribution in [0.3, 0.4) is 0 Å². The first kappa shape index (κ1) is 18.4. The van der Waals surface area contributed by atoms with Crippen LogP contribution in [0.2, 0.25) is 0 Å². The first-order valence-corrected chi connectivity index (χ1v) is 9.79. The second kappa shape index (κ2) is 6.99. The van der Waals surface area contributed by atoms with Crippen LogP contribution in [-0.2, 0) is 25.7 Å². The quantitative estimate of drug-likeness (QED) is 0.605. The minimum atomic E-state index is -4.37. The third-order valence-corrected chi connectivity index (χ3v) is 5.49.